The Balaban J connectivity index is 1.58. The van der Waals surface area contributed by atoms with E-state index in [1.807, 2.05) is 30.3 Å². The number of hydrogen-bond donors (Lipinski definition) is 3. The number of carbonyl (C=O) groups is 1. The van der Waals surface area contributed by atoms with Crippen molar-refractivity contribution in [3.8, 4) is 0 Å². The molecule has 8 heteroatoms. The topological polar surface area (TPSA) is 106 Å². The highest BCUT2D eigenvalue weighted by Crippen LogP contribution is 2.22. The first-order valence-corrected chi connectivity index (χ1v) is 9.90. The van der Waals surface area contributed by atoms with Gasteiger partial charge < -0.3 is 24.3 Å². The zero-order valence-corrected chi connectivity index (χ0v) is 15.4. The normalized spacial score (nSPS) is 13.3. The lowest BCUT2D eigenvalue weighted by atomic mass is 9.76. The van der Waals surface area contributed by atoms with Crippen molar-refractivity contribution < 1.29 is 23.8 Å². The predicted octanol–water partition coefficient (Wildman–Crippen LogP) is 1.67. The van der Waals surface area contributed by atoms with Gasteiger partial charge in [-0.2, -0.15) is 0 Å². The van der Waals surface area contributed by atoms with Crippen LogP contribution in [0.15, 0.2) is 70.2 Å². The molecule has 2 aromatic carbocycles. The zero-order chi connectivity index (χ0) is 19.2. The van der Waals surface area contributed by atoms with Gasteiger partial charge in [0.2, 0.25) is 5.91 Å². The van der Waals surface area contributed by atoms with Crippen LogP contribution in [0.4, 0.5) is 0 Å². The molecule has 3 aromatic rings. The van der Waals surface area contributed by atoms with Crippen LogP contribution in [0.3, 0.4) is 0 Å². The third kappa shape index (κ3) is 5.14. The minimum absolute atomic E-state index is 0.0247. The summed E-state index contributed by atoms with van der Waals surface area (Å²) in [6.45, 7) is 0. The minimum Gasteiger partial charge on any atom is -0.611 e. The summed E-state index contributed by atoms with van der Waals surface area (Å²) < 4.78 is 17.6. The molecule has 1 amide bonds. The van der Waals surface area contributed by atoms with Gasteiger partial charge in [0, 0.05) is 5.39 Å². The highest BCUT2D eigenvalue weighted by molar-refractivity contribution is 7.91. The second kappa shape index (κ2) is 9.10. The fourth-order valence-electron chi connectivity index (χ4n) is 2.81. The largest absolute Gasteiger partial charge is 0.611 e. The Morgan fingerprint density at radius 3 is 2.59 bits per heavy atom. The molecule has 1 heterocycles. The van der Waals surface area contributed by atoms with Gasteiger partial charge in [-0.3, -0.25) is 4.79 Å². The third-order valence-electron chi connectivity index (χ3n) is 4.23. The van der Waals surface area contributed by atoms with Crippen molar-refractivity contribution in [2.24, 2.45) is 0 Å². The highest BCUT2D eigenvalue weighted by atomic mass is 32.2. The maximum atomic E-state index is 12.2. The summed E-state index contributed by atoms with van der Waals surface area (Å²) in [5, 5.41) is 22.7. The monoisotopic (exact) mass is 385 g/mol. The average Bonchev–Trinajstić information content (AvgIpc) is 3.09. The maximum Gasteiger partial charge on any atom is 0.475 e. The Morgan fingerprint density at radius 1 is 1.15 bits per heavy atom. The Kier molecular flexibility index (Phi) is 6.57. The molecule has 27 heavy (non-hydrogen) atoms. The van der Waals surface area contributed by atoms with Gasteiger partial charge in [0.1, 0.15) is 11.3 Å². The van der Waals surface area contributed by atoms with Crippen LogP contribution < -0.4 is 5.32 Å². The number of benzene rings is 2. The number of para-hydroxylation sites is 1. The van der Waals surface area contributed by atoms with Gasteiger partial charge in [-0.25, -0.2) is 0 Å². The number of carbonyl (C=O) groups excluding carboxylic acids is 1. The summed E-state index contributed by atoms with van der Waals surface area (Å²) in [6.07, 6.45) is 1.79. The van der Waals surface area contributed by atoms with E-state index >= 15 is 0 Å². The van der Waals surface area contributed by atoms with Gasteiger partial charge in [0.15, 0.2) is 4.90 Å². The lowest BCUT2D eigenvalue weighted by Gasteiger charge is -2.17. The van der Waals surface area contributed by atoms with E-state index in [-0.39, 0.29) is 24.5 Å². The summed E-state index contributed by atoms with van der Waals surface area (Å²) in [5.41, 5.74) is 1.47. The van der Waals surface area contributed by atoms with Crippen LogP contribution in [0.5, 0.6) is 0 Å². The molecule has 0 bridgehead atoms. The fourth-order valence-corrected chi connectivity index (χ4v) is 3.88. The lowest BCUT2D eigenvalue weighted by molar-refractivity contribution is -0.121. The van der Waals surface area contributed by atoms with Gasteiger partial charge in [0.25, 0.3) is 0 Å². The van der Waals surface area contributed by atoms with Crippen molar-refractivity contribution in [2.75, 3.05) is 5.75 Å². The van der Waals surface area contributed by atoms with E-state index in [2.05, 4.69) is 5.32 Å². The Bertz CT molecular complexity index is 886. The SMILES string of the molecule is O=C(CC[S+]([O-])c1ccccc1)N[C@@H](Cc1coc2ccccc12)B(O)O. The van der Waals surface area contributed by atoms with E-state index in [9.17, 15) is 19.4 Å². The van der Waals surface area contributed by atoms with Crippen LogP contribution >= 0.6 is 0 Å². The molecule has 2 atom stereocenters. The first kappa shape index (κ1) is 19.5. The number of nitrogens with one attached hydrogen (secondary N) is 1. The number of hydrogen-bond acceptors (Lipinski definition) is 5. The van der Waals surface area contributed by atoms with E-state index in [1.54, 1.807) is 30.5 Å². The lowest BCUT2D eigenvalue weighted by Crippen LogP contribution is -2.48. The minimum atomic E-state index is -1.72. The summed E-state index contributed by atoms with van der Waals surface area (Å²) in [5.74, 6) is -1.10. The second-order valence-corrected chi connectivity index (χ2v) is 7.73. The molecule has 3 rings (SSSR count). The van der Waals surface area contributed by atoms with Crippen molar-refractivity contribution in [1.29, 1.82) is 0 Å². The van der Waals surface area contributed by atoms with E-state index in [0.717, 1.165) is 10.9 Å². The molecule has 0 fully saturated rings. The van der Waals surface area contributed by atoms with E-state index < -0.39 is 24.2 Å². The van der Waals surface area contributed by atoms with E-state index in [1.165, 1.54) is 0 Å². The fraction of sp³-hybridized carbons (Fsp3) is 0.211. The number of fused-ring (bicyclic) bond motifs is 1. The number of furan rings is 1. The summed E-state index contributed by atoms with van der Waals surface area (Å²) in [6, 6.07) is 16.3. The van der Waals surface area contributed by atoms with Crippen molar-refractivity contribution in [2.45, 2.75) is 23.7 Å². The molecular weight excluding hydrogens is 365 g/mol. The third-order valence-corrected chi connectivity index (χ3v) is 5.60. The molecule has 3 N–H and O–H groups in total. The van der Waals surface area contributed by atoms with Crippen LogP contribution in [0.2, 0.25) is 0 Å². The Labute approximate surface area is 160 Å². The van der Waals surface area contributed by atoms with Gasteiger partial charge in [-0.15, -0.1) is 0 Å². The molecule has 0 aliphatic carbocycles. The van der Waals surface area contributed by atoms with Crippen molar-refractivity contribution in [1.82, 2.24) is 5.32 Å². The summed E-state index contributed by atoms with van der Waals surface area (Å²) in [7, 11) is -1.72. The molecule has 140 valence electrons. The van der Waals surface area contributed by atoms with Crippen molar-refractivity contribution in [3.05, 3.63) is 66.4 Å². The molecular formula is C19H20BNO5S. The van der Waals surface area contributed by atoms with Gasteiger partial charge in [-0.05, 0) is 41.4 Å². The highest BCUT2D eigenvalue weighted by Gasteiger charge is 2.27. The molecule has 6 nitrogen and oxygen atoms in total. The first-order chi connectivity index (χ1) is 13.0. The second-order valence-electron chi connectivity index (χ2n) is 6.16. The molecule has 0 aliphatic heterocycles. The average molecular weight is 385 g/mol. The van der Waals surface area contributed by atoms with Crippen LogP contribution in [0.1, 0.15) is 12.0 Å². The molecule has 0 saturated carbocycles. The summed E-state index contributed by atoms with van der Waals surface area (Å²) in [4.78, 5) is 12.9. The van der Waals surface area contributed by atoms with Crippen LogP contribution in [-0.2, 0) is 22.4 Å². The quantitative estimate of drug-likeness (QED) is 0.404. The Morgan fingerprint density at radius 2 is 1.85 bits per heavy atom. The molecule has 1 unspecified atom stereocenters. The zero-order valence-electron chi connectivity index (χ0n) is 14.6. The Hall–Kier alpha value is -2.26. The van der Waals surface area contributed by atoms with Crippen LogP contribution in [0, 0.1) is 0 Å². The molecule has 0 aliphatic rings. The molecule has 0 spiro atoms. The number of amides is 1. The predicted molar refractivity (Wildman–Crippen MR) is 104 cm³/mol. The van der Waals surface area contributed by atoms with Crippen LogP contribution in [0.25, 0.3) is 11.0 Å². The standard InChI is InChI=1S/C19H20BNO5S/c22-19(10-11-27(25)15-6-2-1-3-7-15)21-18(20(23)24)12-14-13-26-17-9-5-4-8-16(14)17/h1-9,13,18,23-24H,10-12H2,(H,21,22)/t18-,27?/m0/s1. The van der Waals surface area contributed by atoms with Crippen molar-refractivity contribution >= 4 is 35.2 Å². The van der Waals surface area contributed by atoms with Gasteiger partial charge in [0.05, 0.1) is 18.6 Å². The number of rotatable bonds is 8. The molecule has 0 radical (unpaired) electrons. The smallest absolute Gasteiger partial charge is 0.475 e. The molecule has 0 saturated heterocycles. The van der Waals surface area contributed by atoms with Crippen molar-refractivity contribution in [3.63, 3.8) is 0 Å². The molecule has 1 aromatic heterocycles. The first-order valence-electron chi connectivity index (χ1n) is 8.58. The van der Waals surface area contributed by atoms with Gasteiger partial charge in [-0.1, -0.05) is 36.4 Å². The van der Waals surface area contributed by atoms with E-state index in [4.69, 9.17) is 4.42 Å². The van der Waals surface area contributed by atoms with Crippen LogP contribution in [-0.4, -0.2) is 39.3 Å². The van der Waals surface area contributed by atoms with Gasteiger partial charge >= 0.3 is 7.12 Å². The maximum absolute atomic E-state index is 12.2. The summed E-state index contributed by atoms with van der Waals surface area (Å²) >= 11 is -1.28. The van der Waals surface area contributed by atoms with E-state index in [0.29, 0.717) is 10.5 Å².